The van der Waals surface area contributed by atoms with Gasteiger partial charge < -0.3 is 4.57 Å². The third-order valence-electron chi connectivity index (χ3n) is 3.45. The molecule has 2 aromatic rings. The van der Waals surface area contributed by atoms with Gasteiger partial charge in [-0.05, 0) is 29.9 Å². The Labute approximate surface area is 103 Å². The van der Waals surface area contributed by atoms with Crippen molar-refractivity contribution in [3.63, 3.8) is 0 Å². The minimum Gasteiger partial charge on any atom is -0.328 e. The summed E-state index contributed by atoms with van der Waals surface area (Å²) in [5.74, 6) is 1.26. The summed E-state index contributed by atoms with van der Waals surface area (Å²) in [5, 5.41) is 0. The first-order valence-electron chi connectivity index (χ1n) is 6.52. The van der Waals surface area contributed by atoms with Crippen LogP contribution in [-0.4, -0.2) is 9.55 Å². The summed E-state index contributed by atoms with van der Waals surface area (Å²) >= 11 is 0. The van der Waals surface area contributed by atoms with Gasteiger partial charge in [-0.25, -0.2) is 4.98 Å². The topological polar surface area (TPSA) is 17.8 Å². The van der Waals surface area contributed by atoms with E-state index in [1.807, 2.05) is 0 Å². The first-order valence-corrected chi connectivity index (χ1v) is 6.52. The number of hydrogen-bond donors (Lipinski definition) is 0. The molecular weight excluding hydrogens is 208 g/mol. The first-order chi connectivity index (χ1) is 8.04. The molecular formula is C15H20N2. The highest BCUT2D eigenvalue weighted by atomic mass is 15.1. The number of nitrogens with zero attached hydrogens (tertiary/aromatic N) is 2. The molecule has 2 heterocycles. The number of aryl methyl sites for hydroxylation is 2. The first kappa shape index (κ1) is 10.8. The standard InChI is InChI=1S/C15H20N2/c1-15(2,3)10-13-16-12-8-4-6-11-7-5-9-17(13)14(11)12/h4,6,8H,5,7,9-10H2,1-3H3. The van der Waals surface area contributed by atoms with Crippen molar-refractivity contribution in [2.45, 2.75) is 46.6 Å². The fourth-order valence-electron chi connectivity index (χ4n) is 2.79. The van der Waals surface area contributed by atoms with Gasteiger partial charge in [-0.15, -0.1) is 0 Å². The SMILES string of the molecule is CC(C)(C)Cc1nc2cccc3c2n1CCC3. The fraction of sp³-hybridized carbons (Fsp3) is 0.533. The van der Waals surface area contributed by atoms with Gasteiger partial charge in [-0.3, -0.25) is 0 Å². The Morgan fingerprint density at radius 1 is 1.29 bits per heavy atom. The monoisotopic (exact) mass is 228 g/mol. The average molecular weight is 228 g/mol. The Kier molecular flexibility index (Phi) is 2.29. The molecule has 1 aliphatic heterocycles. The molecule has 17 heavy (non-hydrogen) atoms. The predicted molar refractivity (Wildman–Crippen MR) is 71.2 cm³/mol. The number of benzene rings is 1. The molecule has 0 unspecified atom stereocenters. The number of aromatic nitrogens is 2. The predicted octanol–water partition coefficient (Wildman–Crippen LogP) is 3.57. The van der Waals surface area contributed by atoms with Gasteiger partial charge in [0.05, 0.1) is 11.0 Å². The van der Waals surface area contributed by atoms with Gasteiger partial charge >= 0.3 is 0 Å². The van der Waals surface area contributed by atoms with Crippen LogP contribution in [-0.2, 0) is 19.4 Å². The van der Waals surface area contributed by atoms with Crippen molar-refractivity contribution < 1.29 is 0 Å². The number of para-hydroxylation sites is 1. The highest BCUT2D eigenvalue weighted by Gasteiger charge is 2.21. The van der Waals surface area contributed by atoms with E-state index in [9.17, 15) is 0 Å². The molecule has 2 heteroatoms. The molecule has 0 saturated carbocycles. The molecule has 0 radical (unpaired) electrons. The molecule has 0 atom stereocenters. The summed E-state index contributed by atoms with van der Waals surface area (Å²) in [7, 11) is 0. The zero-order chi connectivity index (χ0) is 12.0. The number of imidazole rings is 1. The lowest BCUT2D eigenvalue weighted by molar-refractivity contribution is 0.391. The van der Waals surface area contributed by atoms with Crippen molar-refractivity contribution in [3.8, 4) is 0 Å². The van der Waals surface area contributed by atoms with Crippen LogP contribution < -0.4 is 0 Å². The molecule has 1 aromatic heterocycles. The van der Waals surface area contributed by atoms with Crippen LogP contribution >= 0.6 is 0 Å². The Balaban J connectivity index is 2.18. The lowest BCUT2D eigenvalue weighted by atomic mass is 9.92. The molecule has 0 amide bonds. The van der Waals surface area contributed by atoms with Gasteiger partial charge in [0.1, 0.15) is 5.82 Å². The van der Waals surface area contributed by atoms with Gasteiger partial charge in [0.25, 0.3) is 0 Å². The van der Waals surface area contributed by atoms with Crippen LogP contribution in [0.2, 0.25) is 0 Å². The molecule has 90 valence electrons. The van der Waals surface area contributed by atoms with Gasteiger partial charge in [0.15, 0.2) is 0 Å². The van der Waals surface area contributed by atoms with E-state index in [-0.39, 0.29) is 0 Å². The molecule has 0 saturated heterocycles. The zero-order valence-corrected chi connectivity index (χ0v) is 11.0. The molecule has 0 N–H and O–H groups in total. The molecule has 0 bridgehead atoms. The maximum atomic E-state index is 4.83. The number of rotatable bonds is 1. The van der Waals surface area contributed by atoms with Gasteiger partial charge in [0, 0.05) is 13.0 Å². The van der Waals surface area contributed by atoms with E-state index in [1.165, 1.54) is 35.3 Å². The van der Waals surface area contributed by atoms with E-state index in [4.69, 9.17) is 4.98 Å². The van der Waals surface area contributed by atoms with Gasteiger partial charge in [-0.2, -0.15) is 0 Å². The van der Waals surface area contributed by atoms with Crippen LogP contribution in [0.3, 0.4) is 0 Å². The second-order valence-electron chi connectivity index (χ2n) is 6.31. The second-order valence-corrected chi connectivity index (χ2v) is 6.31. The van der Waals surface area contributed by atoms with E-state index in [2.05, 4.69) is 43.5 Å². The summed E-state index contributed by atoms with van der Waals surface area (Å²) in [4.78, 5) is 4.83. The molecule has 0 spiro atoms. The van der Waals surface area contributed by atoms with Crippen molar-refractivity contribution in [2.24, 2.45) is 5.41 Å². The largest absolute Gasteiger partial charge is 0.328 e. The second kappa shape index (κ2) is 3.59. The van der Waals surface area contributed by atoms with Crippen molar-refractivity contribution in [3.05, 3.63) is 29.6 Å². The van der Waals surface area contributed by atoms with E-state index in [0.29, 0.717) is 5.41 Å². The van der Waals surface area contributed by atoms with Crippen LogP contribution in [0.15, 0.2) is 18.2 Å². The maximum absolute atomic E-state index is 4.83. The van der Waals surface area contributed by atoms with Crippen LogP contribution in [0.25, 0.3) is 11.0 Å². The third-order valence-corrected chi connectivity index (χ3v) is 3.45. The lowest BCUT2D eigenvalue weighted by Crippen LogP contribution is -2.16. The number of hydrogen-bond acceptors (Lipinski definition) is 1. The van der Waals surface area contributed by atoms with Crippen molar-refractivity contribution in [1.29, 1.82) is 0 Å². The Bertz CT molecular complexity index is 558. The van der Waals surface area contributed by atoms with Crippen molar-refractivity contribution in [1.82, 2.24) is 9.55 Å². The van der Waals surface area contributed by atoms with E-state index >= 15 is 0 Å². The molecule has 1 aromatic carbocycles. The summed E-state index contributed by atoms with van der Waals surface area (Å²) in [6.07, 6.45) is 3.51. The quantitative estimate of drug-likeness (QED) is 0.729. The average Bonchev–Trinajstić information content (AvgIpc) is 2.58. The maximum Gasteiger partial charge on any atom is 0.110 e. The highest BCUT2D eigenvalue weighted by Crippen LogP contribution is 2.29. The van der Waals surface area contributed by atoms with Crippen LogP contribution in [0.1, 0.15) is 38.6 Å². The van der Waals surface area contributed by atoms with Gasteiger partial charge in [0.2, 0.25) is 0 Å². The Hall–Kier alpha value is -1.31. The summed E-state index contributed by atoms with van der Waals surface area (Å²) in [5.41, 5.74) is 4.35. The normalized spacial score (nSPS) is 15.5. The summed E-state index contributed by atoms with van der Waals surface area (Å²) < 4.78 is 2.44. The minimum atomic E-state index is 0.304. The summed E-state index contributed by atoms with van der Waals surface area (Å²) in [6, 6.07) is 6.54. The van der Waals surface area contributed by atoms with Crippen LogP contribution in [0.5, 0.6) is 0 Å². The minimum absolute atomic E-state index is 0.304. The third kappa shape index (κ3) is 1.86. The Morgan fingerprint density at radius 2 is 2.12 bits per heavy atom. The zero-order valence-electron chi connectivity index (χ0n) is 11.0. The molecule has 0 aliphatic carbocycles. The molecule has 3 rings (SSSR count). The van der Waals surface area contributed by atoms with Crippen molar-refractivity contribution in [2.75, 3.05) is 0 Å². The fourth-order valence-corrected chi connectivity index (χ4v) is 2.79. The molecule has 0 fully saturated rings. The van der Waals surface area contributed by atoms with E-state index in [1.54, 1.807) is 0 Å². The van der Waals surface area contributed by atoms with Gasteiger partial charge in [-0.1, -0.05) is 32.9 Å². The smallest absolute Gasteiger partial charge is 0.110 e. The lowest BCUT2D eigenvalue weighted by Gasteiger charge is -2.21. The van der Waals surface area contributed by atoms with Crippen molar-refractivity contribution >= 4 is 11.0 Å². The van der Waals surface area contributed by atoms with Crippen LogP contribution in [0, 0.1) is 5.41 Å². The summed E-state index contributed by atoms with van der Waals surface area (Å²) in [6.45, 7) is 7.98. The van der Waals surface area contributed by atoms with E-state index in [0.717, 1.165) is 13.0 Å². The highest BCUT2D eigenvalue weighted by molar-refractivity contribution is 5.80. The van der Waals surface area contributed by atoms with E-state index < -0.39 is 0 Å². The molecule has 1 aliphatic rings. The molecule has 2 nitrogen and oxygen atoms in total. The Morgan fingerprint density at radius 3 is 2.88 bits per heavy atom. The van der Waals surface area contributed by atoms with Crippen LogP contribution in [0.4, 0.5) is 0 Å².